The van der Waals surface area contributed by atoms with Crippen molar-refractivity contribution in [2.45, 2.75) is 52.2 Å². The minimum atomic E-state index is -0.856. The summed E-state index contributed by atoms with van der Waals surface area (Å²) >= 11 is 0. The largest absolute Gasteiger partial charge is 0.494 e. The average Bonchev–Trinajstić information content (AvgIpc) is 2.55. The molecule has 1 aromatic carbocycles. The van der Waals surface area contributed by atoms with Crippen molar-refractivity contribution in [2.24, 2.45) is 11.1 Å². The molecule has 1 saturated carbocycles. The number of amides is 1. The Morgan fingerprint density at radius 2 is 1.96 bits per heavy atom. The van der Waals surface area contributed by atoms with Gasteiger partial charge >= 0.3 is 0 Å². The van der Waals surface area contributed by atoms with E-state index in [-0.39, 0.29) is 29.8 Å². The summed E-state index contributed by atoms with van der Waals surface area (Å²) in [5.41, 5.74) is 6.33. The van der Waals surface area contributed by atoms with E-state index in [0.29, 0.717) is 26.2 Å². The highest BCUT2D eigenvalue weighted by atomic mass is 35.5. The van der Waals surface area contributed by atoms with E-state index in [2.05, 4.69) is 5.32 Å². The molecule has 2 rings (SSSR count). The Morgan fingerprint density at radius 3 is 2.52 bits per heavy atom. The van der Waals surface area contributed by atoms with Gasteiger partial charge in [-0.15, -0.1) is 12.4 Å². The van der Waals surface area contributed by atoms with E-state index in [4.69, 9.17) is 15.2 Å². The summed E-state index contributed by atoms with van der Waals surface area (Å²) in [6.07, 6.45) is 1.35. The molecule has 0 heterocycles. The van der Waals surface area contributed by atoms with Gasteiger partial charge in [-0.2, -0.15) is 0 Å². The van der Waals surface area contributed by atoms with Gasteiger partial charge in [-0.25, -0.2) is 0 Å². The van der Waals surface area contributed by atoms with Gasteiger partial charge in [-0.3, -0.25) is 4.79 Å². The minimum absolute atomic E-state index is 0. The summed E-state index contributed by atoms with van der Waals surface area (Å²) in [4.78, 5) is 12.5. The van der Waals surface area contributed by atoms with Crippen LogP contribution in [0.1, 0.15) is 39.2 Å². The smallest absolute Gasteiger partial charge is 0.240 e. The van der Waals surface area contributed by atoms with E-state index in [0.717, 1.165) is 12.2 Å². The van der Waals surface area contributed by atoms with Crippen molar-refractivity contribution in [1.29, 1.82) is 0 Å². The molecule has 0 spiro atoms. The van der Waals surface area contributed by atoms with E-state index in [9.17, 15) is 4.79 Å². The number of hydrogen-bond donors (Lipinski definition) is 2. The van der Waals surface area contributed by atoms with Gasteiger partial charge < -0.3 is 20.5 Å². The third-order valence-corrected chi connectivity index (χ3v) is 5.13. The van der Waals surface area contributed by atoms with Gasteiger partial charge in [0, 0.05) is 25.0 Å². The highest BCUT2D eigenvalue weighted by molar-refractivity contribution is 5.88. The number of rotatable bonds is 8. The first kappa shape index (κ1) is 21.7. The molecule has 0 saturated heterocycles. The Labute approximate surface area is 157 Å². The van der Waals surface area contributed by atoms with Crippen LogP contribution in [0.5, 0.6) is 5.75 Å². The van der Waals surface area contributed by atoms with Crippen molar-refractivity contribution in [3.63, 3.8) is 0 Å². The summed E-state index contributed by atoms with van der Waals surface area (Å²) in [6.45, 7) is 9.75. The molecule has 0 aromatic heterocycles. The molecule has 1 amide bonds. The Kier molecular flexibility index (Phi) is 7.72. The highest BCUT2D eigenvalue weighted by Crippen LogP contribution is 2.49. The van der Waals surface area contributed by atoms with E-state index in [1.54, 1.807) is 0 Å². The maximum atomic E-state index is 12.5. The van der Waals surface area contributed by atoms with Crippen molar-refractivity contribution in [3.8, 4) is 5.75 Å². The minimum Gasteiger partial charge on any atom is -0.494 e. The summed E-state index contributed by atoms with van der Waals surface area (Å²) in [7, 11) is 0. The van der Waals surface area contributed by atoms with Gasteiger partial charge in [0.25, 0.3) is 0 Å². The Hall–Kier alpha value is -1.30. The van der Waals surface area contributed by atoms with E-state index in [1.165, 1.54) is 5.56 Å². The molecule has 1 aromatic rings. The van der Waals surface area contributed by atoms with E-state index >= 15 is 0 Å². The number of carbonyl (C=O) groups excluding carboxylic acids is 1. The van der Waals surface area contributed by atoms with Crippen molar-refractivity contribution in [2.75, 3.05) is 19.8 Å². The molecule has 2 unspecified atom stereocenters. The number of hydrogen-bond acceptors (Lipinski definition) is 4. The van der Waals surface area contributed by atoms with Crippen LogP contribution in [0.15, 0.2) is 24.3 Å². The number of nitrogens with one attached hydrogen (secondary N) is 1. The van der Waals surface area contributed by atoms with Crippen molar-refractivity contribution in [1.82, 2.24) is 5.32 Å². The van der Waals surface area contributed by atoms with Gasteiger partial charge in [0.2, 0.25) is 5.91 Å². The van der Waals surface area contributed by atoms with Gasteiger partial charge in [0.15, 0.2) is 0 Å². The summed E-state index contributed by atoms with van der Waals surface area (Å²) in [5.74, 6) is 0.751. The molecule has 0 bridgehead atoms. The first-order chi connectivity index (χ1) is 11.3. The van der Waals surface area contributed by atoms with Gasteiger partial charge in [-0.1, -0.05) is 31.5 Å². The molecule has 6 heteroatoms. The molecule has 2 atom stereocenters. The lowest BCUT2D eigenvalue weighted by Gasteiger charge is -2.57. The lowest BCUT2D eigenvalue weighted by molar-refractivity contribution is -0.170. The fraction of sp³-hybridized carbons (Fsp3) is 0.632. The lowest BCUT2D eigenvalue weighted by atomic mass is 9.54. The lowest BCUT2D eigenvalue weighted by Crippen LogP contribution is -2.75. The highest BCUT2D eigenvalue weighted by Gasteiger charge is 2.62. The second-order valence-electron chi connectivity index (χ2n) is 7.11. The molecule has 1 aliphatic carbocycles. The van der Waals surface area contributed by atoms with Gasteiger partial charge in [0.05, 0.1) is 12.7 Å². The van der Waals surface area contributed by atoms with Crippen LogP contribution in [0.2, 0.25) is 0 Å². The predicted octanol–water partition coefficient (Wildman–Crippen LogP) is 2.83. The summed E-state index contributed by atoms with van der Waals surface area (Å²) < 4.78 is 11.3. The second kappa shape index (κ2) is 8.88. The van der Waals surface area contributed by atoms with Crippen LogP contribution in [-0.4, -0.2) is 37.3 Å². The van der Waals surface area contributed by atoms with Crippen LogP contribution < -0.4 is 15.8 Å². The van der Waals surface area contributed by atoms with E-state index < -0.39 is 5.54 Å². The van der Waals surface area contributed by atoms with Gasteiger partial charge in [0.1, 0.15) is 11.3 Å². The average molecular weight is 371 g/mol. The molecule has 25 heavy (non-hydrogen) atoms. The first-order valence-electron chi connectivity index (χ1n) is 8.69. The summed E-state index contributed by atoms with van der Waals surface area (Å²) in [6, 6.07) is 7.94. The normalized spacial score (nSPS) is 24.0. The number of halogens is 1. The molecule has 5 nitrogen and oxygen atoms in total. The zero-order valence-corrected chi connectivity index (χ0v) is 16.4. The molecule has 142 valence electrons. The maximum absolute atomic E-state index is 12.5. The number of benzene rings is 1. The molecule has 3 N–H and O–H groups in total. The Bertz CT molecular complexity index is 562. The monoisotopic (exact) mass is 370 g/mol. The van der Waals surface area contributed by atoms with Crippen LogP contribution in [0, 0.1) is 12.3 Å². The number of nitrogens with two attached hydrogens (primary N) is 1. The molecule has 1 aliphatic rings. The van der Waals surface area contributed by atoms with Crippen LogP contribution >= 0.6 is 12.4 Å². The van der Waals surface area contributed by atoms with Crippen molar-refractivity contribution < 1.29 is 14.3 Å². The number of ether oxygens (including phenoxy) is 2. The topological polar surface area (TPSA) is 73.6 Å². The number of aryl methyl sites for hydroxylation is 1. The number of carbonyl (C=O) groups is 1. The van der Waals surface area contributed by atoms with Crippen molar-refractivity contribution in [3.05, 3.63) is 29.8 Å². The quantitative estimate of drug-likeness (QED) is 0.690. The first-order valence-corrected chi connectivity index (χ1v) is 8.69. The molecular weight excluding hydrogens is 340 g/mol. The zero-order chi connectivity index (χ0) is 17.8. The third-order valence-electron chi connectivity index (χ3n) is 5.13. The standard InChI is InChI=1S/C19H30N2O3.ClH/c1-5-23-16-13-19(20,18(16,3)4)17(22)21-11-6-12-24-15-9-7-14(2)8-10-15;/h7-10,16H,5-6,11-13,20H2,1-4H3,(H,21,22);1H. The molecular formula is C19H31ClN2O3. The van der Waals surface area contributed by atoms with Crippen LogP contribution in [0.3, 0.4) is 0 Å². The van der Waals surface area contributed by atoms with Crippen LogP contribution in [0.4, 0.5) is 0 Å². The molecule has 1 fully saturated rings. The zero-order valence-electron chi connectivity index (χ0n) is 15.6. The fourth-order valence-electron chi connectivity index (χ4n) is 3.08. The van der Waals surface area contributed by atoms with Crippen LogP contribution in [0.25, 0.3) is 0 Å². The van der Waals surface area contributed by atoms with E-state index in [1.807, 2.05) is 52.0 Å². The molecule has 0 aliphatic heterocycles. The predicted molar refractivity (Wildman–Crippen MR) is 102 cm³/mol. The van der Waals surface area contributed by atoms with Crippen molar-refractivity contribution >= 4 is 18.3 Å². The Morgan fingerprint density at radius 1 is 1.32 bits per heavy atom. The van der Waals surface area contributed by atoms with Gasteiger partial charge in [-0.05, 0) is 32.4 Å². The maximum Gasteiger partial charge on any atom is 0.240 e. The fourth-order valence-corrected chi connectivity index (χ4v) is 3.08. The summed E-state index contributed by atoms with van der Waals surface area (Å²) in [5, 5.41) is 2.94. The second-order valence-corrected chi connectivity index (χ2v) is 7.11. The molecule has 0 radical (unpaired) electrons. The SMILES string of the molecule is CCOC1CC(N)(C(=O)NCCCOc2ccc(C)cc2)C1(C)C.Cl. The third kappa shape index (κ3) is 4.66. The van der Waals surface area contributed by atoms with Crippen LogP contribution in [-0.2, 0) is 9.53 Å². The Balaban J connectivity index is 0.00000312.